The van der Waals surface area contributed by atoms with Crippen LogP contribution in [0.25, 0.3) is 0 Å². The lowest BCUT2D eigenvalue weighted by molar-refractivity contribution is 0.0690. The third-order valence-corrected chi connectivity index (χ3v) is 3.95. The summed E-state index contributed by atoms with van der Waals surface area (Å²) in [5.74, 6) is 0.0389. The highest BCUT2D eigenvalue weighted by Gasteiger charge is 2.28. The summed E-state index contributed by atoms with van der Waals surface area (Å²) in [6, 6.07) is 10.8. The minimum atomic E-state index is -1.06. The zero-order chi connectivity index (χ0) is 14.7. The number of nitrogens with zero attached hydrogens (tertiary/aromatic N) is 2. The van der Waals surface area contributed by atoms with Crippen molar-refractivity contribution in [1.82, 2.24) is 9.97 Å². The van der Waals surface area contributed by atoms with Crippen LogP contribution in [0.3, 0.4) is 0 Å². The van der Waals surface area contributed by atoms with Gasteiger partial charge in [0.15, 0.2) is 5.69 Å². The predicted molar refractivity (Wildman–Crippen MR) is 79.4 cm³/mol. The zero-order valence-electron chi connectivity index (χ0n) is 11.6. The van der Waals surface area contributed by atoms with Crippen LogP contribution in [0, 0.1) is 0 Å². The second-order valence-corrected chi connectivity index (χ2v) is 5.29. The molecule has 0 amide bonds. The van der Waals surface area contributed by atoms with Gasteiger partial charge in [0.2, 0.25) is 0 Å². The summed E-state index contributed by atoms with van der Waals surface area (Å²) in [5.41, 5.74) is 1.30. The van der Waals surface area contributed by atoms with Crippen LogP contribution in [-0.2, 0) is 0 Å². The second-order valence-electron chi connectivity index (χ2n) is 5.29. The molecule has 1 saturated carbocycles. The quantitative estimate of drug-likeness (QED) is 0.902. The number of hydrogen-bond acceptors (Lipinski definition) is 4. The molecule has 5 heteroatoms. The first kappa shape index (κ1) is 13.5. The number of benzene rings is 1. The average molecular weight is 283 g/mol. The summed E-state index contributed by atoms with van der Waals surface area (Å²) < 4.78 is 0. The number of nitrogens with one attached hydrogen (secondary N) is 1. The minimum Gasteiger partial charge on any atom is -0.476 e. The molecule has 0 spiro atoms. The molecule has 1 aliphatic carbocycles. The Morgan fingerprint density at radius 2 is 1.95 bits per heavy atom. The van der Waals surface area contributed by atoms with Crippen molar-refractivity contribution in [3.63, 3.8) is 0 Å². The fourth-order valence-corrected chi connectivity index (χ4v) is 2.93. The first-order valence-electron chi connectivity index (χ1n) is 7.11. The Kier molecular flexibility index (Phi) is 3.81. The van der Waals surface area contributed by atoms with Crippen molar-refractivity contribution in [3.05, 3.63) is 54.0 Å². The molecule has 1 fully saturated rings. The molecule has 1 aromatic heterocycles. The molecule has 0 aliphatic heterocycles. The van der Waals surface area contributed by atoms with E-state index in [0.29, 0.717) is 17.8 Å². The smallest absolute Gasteiger partial charge is 0.356 e. The van der Waals surface area contributed by atoms with Crippen LogP contribution in [0.15, 0.2) is 42.7 Å². The van der Waals surface area contributed by atoms with Crippen LogP contribution in [0.4, 0.5) is 5.82 Å². The number of rotatable bonds is 4. The number of carboxylic acids is 1. The molecule has 2 N–H and O–H groups in total. The van der Waals surface area contributed by atoms with Crippen molar-refractivity contribution in [2.45, 2.75) is 31.2 Å². The van der Waals surface area contributed by atoms with E-state index in [1.165, 1.54) is 24.4 Å². The van der Waals surface area contributed by atoms with Crippen molar-refractivity contribution in [3.8, 4) is 0 Å². The van der Waals surface area contributed by atoms with Gasteiger partial charge in [0.05, 0.1) is 12.4 Å². The highest BCUT2D eigenvalue weighted by atomic mass is 16.4. The van der Waals surface area contributed by atoms with E-state index < -0.39 is 5.97 Å². The Hall–Kier alpha value is -2.43. The maximum atomic E-state index is 10.8. The summed E-state index contributed by atoms with van der Waals surface area (Å²) in [6.07, 6.45) is 6.20. The Labute approximate surface area is 123 Å². The number of hydrogen-bond donors (Lipinski definition) is 2. The molecule has 21 heavy (non-hydrogen) atoms. The summed E-state index contributed by atoms with van der Waals surface area (Å²) in [5, 5.41) is 12.2. The molecule has 5 nitrogen and oxygen atoms in total. The molecule has 2 unspecified atom stereocenters. The molecule has 0 bridgehead atoms. The first-order valence-corrected chi connectivity index (χ1v) is 7.11. The van der Waals surface area contributed by atoms with Crippen molar-refractivity contribution >= 4 is 11.8 Å². The van der Waals surface area contributed by atoms with Gasteiger partial charge in [-0.3, -0.25) is 0 Å². The maximum absolute atomic E-state index is 10.8. The predicted octanol–water partition coefficient (Wildman–Crippen LogP) is 2.92. The average Bonchev–Trinajstić information content (AvgIpc) is 2.97. The minimum absolute atomic E-state index is 0.0356. The first-order chi connectivity index (χ1) is 10.2. The number of carbonyl (C=O) groups is 1. The van der Waals surface area contributed by atoms with Gasteiger partial charge in [-0.25, -0.2) is 14.8 Å². The van der Waals surface area contributed by atoms with Crippen molar-refractivity contribution in [2.24, 2.45) is 0 Å². The molecule has 0 radical (unpaired) electrons. The fourth-order valence-electron chi connectivity index (χ4n) is 2.93. The molecular weight excluding hydrogens is 266 g/mol. The van der Waals surface area contributed by atoms with Gasteiger partial charge in [0.25, 0.3) is 0 Å². The van der Waals surface area contributed by atoms with E-state index in [-0.39, 0.29) is 5.69 Å². The van der Waals surface area contributed by atoms with Crippen LogP contribution in [0.2, 0.25) is 0 Å². The highest BCUT2D eigenvalue weighted by Crippen LogP contribution is 2.35. The van der Waals surface area contributed by atoms with Gasteiger partial charge >= 0.3 is 5.97 Å². The van der Waals surface area contributed by atoms with E-state index in [0.717, 1.165) is 12.8 Å². The van der Waals surface area contributed by atoms with Gasteiger partial charge in [0, 0.05) is 12.0 Å². The largest absolute Gasteiger partial charge is 0.476 e. The topological polar surface area (TPSA) is 75.1 Å². The van der Waals surface area contributed by atoms with E-state index >= 15 is 0 Å². The van der Waals surface area contributed by atoms with Crippen LogP contribution in [0.5, 0.6) is 0 Å². The van der Waals surface area contributed by atoms with Crippen molar-refractivity contribution < 1.29 is 9.90 Å². The van der Waals surface area contributed by atoms with Crippen molar-refractivity contribution in [2.75, 3.05) is 5.32 Å². The van der Waals surface area contributed by atoms with Crippen LogP contribution < -0.4 is 5.32 Å². The van der Waals surface area contributed by atoms with E-state index in [2.05, 4.69) is 39.6 Å². The van der Waals surface area contributed by atoms with E-state index in [9.17, 15) is 4.79 Å². The zero-order valence-corrected chi connectivity index (χ0v) is 11.6. The Morgan fingerprint density at radius 3 is 2.62 bits per heavy atom. The molecular formula is C16H17N3O2. The molecule has 1 aliphatic rings. The van der Waals surface area contributed by atoms with E-state index in [1.807, 2.05) is 6.07 Å². The SMILES string of the molecule is O=C(O)c1cnc(NC2CCCC2c2ccccc2)cn1. The van der Waals surface area contributed by atoms with Gasteiger partial charge in [-0.1, -0.05) is 36.8 Å². The van der Waals surface area contributed by atoms with Crippen LogP contribution >= 0.6 is 0 Å². The molecule has 2 aromatic rings. The van der Waals surface area contributed by atoms with E-state index in [1.54, 1.807) is 0 Å². The van der Waals surface area contributed by atoms with Crippen LogP contribution in [0.1, 0.15) is 41.2 Å². The van der Waals surface area contributed by atoms with Crippen LogP contribution in [-0.4, -0.2) is 27.1 Å². The molecule has 0 saturated heterocycles. The Morgan fingerprint density at radius 1 is 1.14 bits per heavy atom. The highest BCUT2D eigenvalue weighted by molar-refractivity contribution is 5.84. The van der Waals surface area contributed by atoms with Gasteiger partial charge in [0.1, 0.15) is 5.82 Å². The third kappa shape index (κ3) is 3.02. The lowest BCUT2D eigenvalue weighted by Gasteiger charge is -2.21. The summed E-state index contributed by atoms with van der Waals surface area (Å²) in [6.45, 7) is 0. The monoisotopic (exact) mass is 283 g/mol. The Bertz CT molecular complexity index is 613. The summed E-state index contributed by atoms with van der Waals surface area (Å²) in [7, 11) is 0. The summed E-state index contributed by atoms with van der Waals surface area (Å²) >= 11 is 0. The maximum Gasteiger partial charge on any atom is 0.356 e. The molecule has 108 valence electrons. The lowest BCUT2D eigenvalue weighted by Crippen LogP contribution is -2.23. The molecule has 1 heterocycles. The summed E-state index contributed by atoms with van der Waals surface area (Å²) in [4.78, 5) is 18.8. The third-order valence-electron chi connectivity index (χ3n) is 3.95. The normalized spacial score (nSPS) is 21.1. The van der Waals surface area contributed by atoms with Crippen molar-refractivity contribution in [1.29, 1.82) is 0 Å². The number of carboxylic acid groups (broad SMARTS) is 1. The number of anilines is 1. The Balaban J connectivity index is 1.73. The molecule has 2 atom stereocenters. The van der Waals surface area contributed by atoms with E-state index in [4.69, 9.17) is 5.11 Å². The van der Waals surface area contributed by atoms with Gasteiger partial charge < -0.3 is 10.4 Å². The second kappa shape index (κ2) is 5.91. The standard InChI is InChI=1S/C16H17N3O2/c20-16(21)14-9-18-15(10-17-14)19-13-8-4-7-12(13)11-5-2-1-3-6-11/h1-3,5-6,9-10,12-13H,4,7-8H2,(H,18,19)(H,20,21). The molecule has 1 aromatic carbocycles. The number of aromatic nitrogens is 2. The van der Waals surface area contributed by atoms with Gasteiger partial charge in [-0.15, -0.1) is 0 Å². The number of aromatic carboxylic acids is 1. The molecule has 3 rings (SSSR count). The lowest BCUT2D eigenvalue weighted by atomic mass is 9.94. The van der Waals surface area contributed by atoms with Gasteiger partial charge in [-0.2, -0.15) is 0 Å². The fraction of sp³-hybridized carbons (Fsp3) is 0.312. The van der Waals surface area contributed by atoms with Gasteiger partial charge in [-0.05, 0) is 18.4 Å².